The van der Waals surface area contributed by atoms with Gasteiger partial charge in [0.15, 0.2) is 0 Å². The Morgan fingerprint density at radius 2 is 2.05 bits per heavy atom. The van der Waals surface area contributed by atoms with Gasteiger partial charge in [0.1, 0.15) is 0 Å². The fourth-order valence-electron chi connectivity index (χ4n) is 2.07. The number of carboxylic acid groups (broad SMARTS) is 1. The van der Waals surface area contributed by atoms with Crippen LogP contribution >= 0.6 is 11.6 Å². The average Bonchev–Trinajstić information content (AvgIpc) is 2.39. The van der Waals surface area contributed by atoms with E-state index in [0.717, 1.165) is 26.2 Å². The number of nitrogens with one attached hydrogen (secondary N) is 2. The van der Waals surface area contributed by atoms with E-state index in [-0.39, 0.29) is 23.7 Å². The van der Waals surface area contributed by atoms with Gasteiger partial charge >= 0.3 is 5.97 Å². The van der Waals surface area contributed by atoms with E-state index in [9.17, 15) is 9.59 Å². The van der Waals surface area contributed by atoms with Crippen LogP contribution in [-0.4, -0.2) is 54.6 Å². The van der Waals surface area contributed by atoms with Crippen molar-refractivity contribution in [2.24, 2.45) is 0 Å². The number of rotatable bonds is 4. The molecule has 6 nitrogen and oxygen atoms in total. The fraction of sp³-hybridized carbons (Fsp3) is 0.385. The van der Waals surface area contributed by atoms with E-state index in [1.807, 2.05) is 4.90 Å². The summed E-state index contributed by atoms with van der Waals surface area (Å²) in [5.74, 6) is -1.34. The number of piperazine rings is 1. The summed E-state index contributed by atoms with van der Waals surface area (Å²) in [7, 11) is 0. The van der Waals surface area contributed by atoms with Gasteiger partial charge in [0.25, 0.3) is 0 Å². The normalized spacial score (nSPS) is 15.8. The highest BCUT2D eigenvalue weighted by Gasteiger charge is 2.16. The molecule has 1 aromatic carbocycles. The summed E-state index contributed by atoms with van der Waals surface area (Å²) in [6.07, 6.45) is 0. The summed E-state index contributed by atoms with van der Waals surface area (Å²) in [6, 6.07) is 4.31. The molecule has 1 heterocycles. The van der Waals surface area contributed by atoms with Crippen LogP contribution in [0.5, 0.6) is 0 Å². The second-order valence-corrected chi connectivity index (χ2v) is 5.01. The summed E-state index contributed by atoms with van der Waals surface area (Å²) in [4.78, 5) is 25.1. The van der Waals surface area contributed by atoms with Crippen molar-refractivity contribution in [1.82, 2.24) is 10.2 Å². The lowest BCUT2D eigenvalue weighted by Gasteiger charge is -2.26. The molecule has 0 atom stereocenters. The molecule has 1 aromatic rings. The predicted molar refractivity (Wildman–Crippen MR) is 76.4 cm³/mol. The highest BCUT2D eigenvalue weighted by atomic mass is 35.5. The highest BCUT2D eigenvalue weighted by molar-refractivity contribution is 6.31. The van der Waals surface area contributed by atoms with Gasteiger partial charge in [-0.1, -0.05) is 11.6 Å². The number of hydrogen-bond donors (Lipinski definition) is 3. The van der Waals surface area contributed by atoms with Crippen molar-refractivity contribution in [1.29, 1.82) is 0 Å². The highest BCUT2D eigenvalue weighted by Crippen LogP contribution is 2.21. The van der Waals surface area contributed by atoms with E-state index in [1.54, 1.807) is 0 Å². The summed E-state index contributed by atoms with van der Waals surface area (Å²) < 4.78 is 0. The van der Waals surface area contributed by atoms with Crippen LogP contribution in [0.2, 0.25) is 5.02 Å². The summed E-state index contributed by atoms with van der Waals surface area (Å²) in [6.45, 7) is 3.55. The van der Waals surface area contributed by atoms with Crippen molar-refractivity contribution in [2.45, 2.75) is 0 Å². The zero-order chi connectivity index (χ0) is 14.5. The molecule has 0 aromatic heterocycles. The summed E-state index contributed by atoms with van der Waals surface area (Å²) in [5, 5.41) is 15.3. The van der Waals surface area contributed by atoms with Crippen LogP contribution in [0, 0.1) is 0 Å². The topological polar surface area (TPSA) is 81.7 Å². The average molecular weight is 298 g/mol. The minimum Gasteiger partial charge on any atom is -0.478 e. The first-order chi connectivity index (χ1) is 9.56. The standard InChI is InChI=1S/C13H16ClN3O3/c14-9-1-2-10(13(19)20)11(7-9)16-12(18)8-17-5-3-15-4-6-17/h1-2,7,15H,3-6,8H2,(H,16,18)(H,19,20). The van der Waals surface area contributed by atoms with E-state index in [2.05, 4.69) is 10.6 Å². The van der Waals surface area contributed by atoms with Gasteiger partial charge in [-0.25, -0.2) is 4.79 Å². The molecule has 0 aliphatic carbocycles. The smallest absolute Gasteiger partial charge is 0.337 e. The van der Waals surface area contributed by atoms with Crippen LogP contribution in [-0.2, 0) is 4.79 Å². The molecule has 1 fully saturated rings. The molecule has 20 heavy (non-hydrogen) atoms. The first kappa shape index (κ1) is 14.8. The van der Waals surface area contributed by atoms with E-state index in [4.69, 9.17) is 16.7 Å². The lowest BCUT2D eigenvalue weighted by molar-refractivity contribution is -0.117. The molecule has 2 rings (SSSR count). The second-order valence-electron chi connectivity index (χ2n) is 4.57. The van der Waals surface area contributed by atoms with Crippen LogP contribution in [0.3, 0.4) is 0 Å². The first-order valence-corrected chi connectivity index (χ1v) is 6.70. The Hall–Kier alpha value is -1.63. The van der Waals surface area contributed by atoms with Crippen LogP contribution in [0.4, 0.5) is 5.69 Å². The van der Waals surface area contributed by atoms with Gasteiger partial charge in [0.05, 0.1) is 17.8 Å². The first-order valence-electron chi connectivity index (χ1n) is 6.32. The van der Waals surface area contributed by atoms with E-state index >= 15 is 0 Å². The van der Waals surface area contributed by atoms with Gasteiger partial charge in [0, 0.05) is 31.2 Å². The van der Waals surface area contributed by atoms with Crippen molar-refractivity contribution < 1.29 is 14.7 Å². The third-order valence-electron chi connectivity index (χ3n) is 3.06. The number of nitrogens with zero attached hydrogens (tertiary/aromatic N) is 1. The Bertz CT molecular complexity index is 516. The lowest BCUT2D eigenvalue weighted by Crippen LogP contribution is -2.46. The van der Waals surface area contributed by atoms with Crippen LogP contribution in [0.1, 0.15) is 10.4 Å². The van der Waals surface area contributed by atoms with Gasteiger partial charge in [-0.15, -0.1) is 0 Å². The monoisotopic (exact) mass is 297 g/mol. The van der Waals surface area contributed by atoms with Gasteiger partial charge in [0.2, 0.25) is 5.91 Å². The number of hydrogen-bond acceptors (Lipinski definition) is 4. The largest absolute Gasteiger partial charge is 0.478 e. The number of carbonyl (C=O) groups excluding carboxylic acids is 1. The number of aromatic carboxylic acids is 1. The van der Waals surface area contributed by atoms with Crippen molar-refractivity contribution in [3.8, 4) is 0 Å². The molecule has 0 spiro atoms. The minimum absolute atomic E-state index is 0.0306. The fourth-order valence-corrected chi connectivity index (χ4v) is 2.24. The molecule has 0 saturated carbocycles. The Morgan fingerprint density at radius 1 is 1.35 bits per heavy atom. The van der Waals surface area contributed by atoms with Crippen LogP contribution in [0.15, 0.2) is 18.2 Å². The number of carboxylic acids is 1. The third-order valence-corrected chi connectivity index (χ3v) is 3.30. The van der Waals surface area contributed by atoms with Gasteiger partial charge in [-0.2, -0.15) is 0 Å². The Kier molecular flexibility index (Phi) is 4.94. The minimum atomic E-state index is -1.10. The maximum Gasteiger partial charge on any atom is 0.337 e. The second kappa shape index (κ2) is 6.69. The molecule has 1 aliphatic heterocycles. The van der Waals surface area contributed by atoms with E-state index < -0.39 is 5.97 Å². The quantitative estimate of drug-likeness (QED) is 0.769. The van der Waals surface area contributed by atoms with Crippen LogP contribution < -0.4 is 10.6 Å². The van der Waals surface area contributed by atoms with Gasteiger partial charge < -0.3 is 15.7 Å². The number of carbonyl (C=O) groups is 2. The SMILES string of the molecule is O=C(CN1CCNCC1)Nc1cc(Cl)ccc1C(=O)O. The molecular formula is C13H16ClN3O3. The predicted octanol–water partition coefficient (Wildman–Crippen LogP) is 0.882. The van der Waals surface area contributed by atoms with Crippen molar-refractivity contribution in [2.75, 3.05) is 38.0 Å². The van der Waals surface area contributed by atoms with Gasteiger partial charge in [-0.3, -0.25) is 9.69 Å². The molecule has 108 valence electrons. The molecule has 1 amide bonds. The number of halogens is 1. The zero-order valence-corrected chi connectivity index (χ0v) is 11.6. The van der Waals surface area contributed by atoms with E-state index in [0.29, 0.717) is 5.02 Å². The maximum atomic E-state index is 12.0. The molecule has 0 unspecified atom stereocenters. The van der Waals surface area contributed by atoms with Crippen molar-refractivity contribution in [3.63, 3.8) is 0 Å². The molecule has 3 N–H and O–H groups in total. The molecule has 1 aliphatic rings. The Labute approximate surface area is 121 Å². The maximum absolute atomic E-state index is 12.0. The number of amides is 1. The van der Waals surface area contributed by atoms with Crippen molar-refractivity contribution in [3.05, 3.63) is 28.8 Å². The molecular weight excluding hydrogens is 282 g/mol. The lowest BCUT2D eigenvalue weighted by atomic mass is 10.2. The number of anilines is 1. The summed E-state index contributed by atoms with van der Waals surface area (Å²) >= 11 is 5.83. The Morgan fingerprint density at radius 3 is 2.70 bits per heavy atom. The van der Waals surface area contributed by atoms with Crippen LogP contribution in [0.25, 0.3) is 0 Å². The molecule has 1 saturated heterocycles. The van der Waals surface area contributed by atoms with E-state index in [1.165, 1.54) is 18.2 Å². The van der Waals surface area contributed by atoms with Gasteiger partial charge in [-0.05, 0) is 18.2 Å². The molecule has 0 radical (unpaired) electrons. The zero-order valence-electron chi connectivity index (χ0n) is 10.9. The summed E-state index contributed by atoms with van der Waals surface area (Å²) in [5.41, 5.74) is 0.258. The van der Waals surface area contributed by atoms with Crippen molar-refractivity contribution >= 4 is 29.2 Å². The molecule has 0 bridgehead atoms. The Balaban J connectivity index is 2.03. The number of benzene rings is 1. The third kappa shape index (κ3) is 3.93. The molecule has 7 heteroatoms.